The Labute approximate surface area is 167 Å². The summed E-state index contributed by atoms with van der Waals surface area (Å²) in [5.74, 6) is 1.10. The highest BCUT2D eigenvalue weighted by molar-refractivity contribution is 6.30. The summed E-state index contributed by atoms with van der Waals surface area (Å²) in [5, 5.41) is 6.18. The van der Waals surface area contributed by atoms with Gasteiger partial charge in [-0.1, -0.05) is 11.6 Å². The largest absolute Gasteiger partial charge is 0.484 e. The van der Waals surface area contributed by atoms with Gasteiger partial charge in [0.25, 0.3) is 5.91 Å². The minimum atomic E-state index is -0.267. The van der Waals surface area contributed by atoms with E-state index >= 15 is 0 Å². The molecule has 28 heavy (non-hydrogen) atoms. The van der Waals surface area contributed by atoms with Gasteiger partial charge in [-0.2, -0.15) is 0 Å². The lowest BCUT2D eigenvalue weighted by Gasteiger charge is -2.08. The van der Waals surface area contributed by atoms with Gasteiger partial charge in [0.05, 0.1) is 11.0 Å². The lowest BCUT2D eigenvalue weighted by atomic mass is 10.2. The first kappa shape index (κ1) is 19.7. The molecule has 0 spiro atoms. The van der Waals surface area contributed by atoms with Crippen molar-refractivity contribution in [1.29, 1.82) is 0 Å². The molecular weight excluding hydrogens is 380 g/mol. The molecule has 1 aromatic heterocycles. The minimum absolute atomic E-state index is 0.0652. The topological polar surface area (TPSA) is 85.2 Å². The summed E-state index contributed by atoms with van der Waals surface area (Å²) in [6, 6.07) is 12.4. The molecule has 0 aliphatic heterocycles. The zero-order valence-electron chi connectivity index (χ0n) is 15.7. The van der Waals surface area contributed by atoms with Crippen molar-refractivity contribution in [3.05, 3.63) is 53.3 Å². The Hall–Kier alpha value is -3.06. The van der Waals surface area contributed by atoms with Gasteiger partial charge in [-0.15, -0.1) is 0 Å². The number of rotatable bonds is 7. The molecule has 1 heterocycles. The summed E-state index contributed by atoms with van der Waals surface area (Å²) < 4.78 is 7.42. The molecule has 146 valence electrons. The zero-order chi connectivity index (χ0) is 20.1. The van der Waals surface area contributed by atoms with Crippen molar-refractivity contribution >= 4 is 40.1 Å². The summed E-state index contributed by atoms with van der Waals surface area (Å²) >= 11 is 5.82. The van der Waals surface area contributed by atoms with Gasteiger partial charge in [0.15, 0.2) is 6.61 Å². The van der Waals surface area contributed by atoms with Crippen LogP contribution >= 0.6 is 11.6 Å². The number of hydrogen-bond donors (Lipinski definition) is 2. The zero-order valence-corrected chi connectivity index (χ0v) is 16.4. The van der Waals surface area contributed by atoms with E-state index in [1.807, 2.05) is 29.8 Å². The molecule has 0 aliphatic carbocycles. The standard InChI is InChI=1S/C20H21ClN4O3/c1-13(26)22-10-9-19-24-17-11-15(5-8-18(17)25(19)2)23-20(27)12-28-16-6-3-14(21)4-7-16/h3-8,11H,9-10,12H2,1-2H3,(H,22,26)(H,23,27). The van der Waals surface area contributed by atoms with Crippen LogP contribution in [0, 0.1) is 0 Å². The van der Waals surface area contributed by atoms with Crippen molar-refractivity contribution in [2.45, 2.75) is 13.3 Å². The third-order valence-corrected chi connectivity index (χ3v) is 4.42. The molecule has 2 aromatic carbocycles. The van der Waals surface area contributed by atoms with E-state index in [0.717, 1.165) is 16.9 Å². The molecule has 0 unspecified atom stereocenters. The van der Waals surface area contributed by atoms with E-state index in [4.69, 9.17) is 16.3 Å². The highest BCUT2D eigenvalue weighted by Gasteiger charge is 2.10. The quantitative estimate of drug-likeness (QED) is 0.638. The number of fused-ring (bicyclic) bond motifs is 1. The number of nitrogens with one attached hydrogen (secondary N) is 2. The van der Waals surface area contributed by atoms with Crippen molar-refractivity contribution in [1.82, 2.24) is 14.9 Å². The fourth-order valence-electron chi connectivity index (χ4n) is 2.78. The molecule has 0 saturated carbocycles. The van der Waals surface area contributed by atoms with E-state index in [-0.39, 0.29) is 18.4 Å². The Kier molecular flexibility index (Phi) is 6.16. The molecule has 0 fully saturated rings. The van der Waals surface area contributed by atoms with Crippen molar-refractivity contribution in [2.75, 3.05) is 18.5 Å². The molecule has 3 aromatic rings. The van der Waals surface area contributed by atoms with Crippen LogP contribution in [0.25, 0.3) is 11.0 Å². The minimum Gasteiger partial charge on any atom is -0.484 e. The lowest BCUT2D eigenvalue weighted by molar-refractivity contribution is -0.119. The highest BCUT2D eigenvalue weighted by atomic mass is 35.5. The fourth-order valence-corrected chi connectivity index (χ4v) is 2.90. The second-order valence-electron chi connectivity index (χ2n) is 6.31. The second kappa shape index (κ2) is 8.75. The molecule has 0 atom stereocenters. The second-order valence-corrected chi connectivity index (χ2v) is 6.75. The molecule has 0 radical (unpaired) electrons. The molecule has 0 saturated heterocycles. The van der Waals surface area contributed by atoms with Crippen LogP contribution in [0.15, 0.2) is 42.5 Å². The van der Waals surface area contributed by atoms with Crippen molar-refractivity contribution in [3.8, 4) is 5.75 Å². The number of ether oxygens (including phenoxy) is 1. The number of amides is 2. The first-order valence-corrected chi connectivity index (χ1v) is 9.18. The lowest BCUT2D eigenvalue weighted by Crippen LogP contribution is -2.23. The number of nitrogens with zero attached hydrogens (tertiary/aromatic N) is 2. The van der Waals surface area contributed by atoms with Crippen molar-refractivity contribution in [2.24, 2.45) is 7.05 Å². The van der Waals surface area contributed by atoms with Crippen molar-refractivity contribution < 1.29 is 14.3 Å². The van der Waals surface area contributed by atoms with Crippen LogP contribution in [0.5, 0.6) is 5.75 Å². The number of aromatic nitrogens is 2. The Balaban J connectivity index is 1.62. The van der Waals surface area contributed by atoms with Crippen LogP contribution in [-0.4, -0.2) is 34.5 Å². The molecular formula is C20H21ClN4O3. The van der Waals surface area contributed by atoms with E-state index in [1.165, 1.54) is 6.92 Å². The Morgan fingerprint density at radius 3 is 2.64 bits per heavy atom. The van der Waals surface area contributed by atoms with Crippen LogP contribution in [0.4, 0.5) is 5.69 Å². The van der Waals surface area contributed by atoms with Gasteiger partial charge in [-0.05, 0) is 42.5 Å². The predicted octanol–water partition coefficient (Wildman–Crippen LogP) is 2.92. The summed E-state index contributed by atoms with van der Waals surface area (Å²) in [5.41, 5.74) is 2.37. The summed E-state index contributed by atoms with van der Waals surface area (Å²) in [6.45, 7) is 1.91. The number of benzene rings is 2. The van der Waals surface area contributed by atoms with Crippen molar-refractivity contribution in [3.63, 3.8) is 0 Å². The molecule has 0 bridgehead atoms. The number of carbonyl (C=O) groups is 2. The first-order valence-electron chi connectivity index (χ1n) is 8.80. The Bertz CT molecular complexity index is 999. The van der Waals surface area contributed by atoms with Crippen LogP contribution in [0.1, 0.15) is 12.7 Å². The van der Waals surface area contributed by atoms with Crippen LogP contribution in [0.3, 0.4) is 0 Å². The number of halogens is 1. The van der Waals surface area contributed by atoms with E-state index in [1.54, 1.807) is 24.3 Å². The number of hydrogen-bond acceptors (Lipinski definition) is 4. The number of imidazole rings is 1. The number of anilines is 1. The average molecular weight is 401 g/mol. The van der Waals surface area contributed by atoms with Gasteiger partial charge in [0, 0.05) is 37.6 Å². The third kappa shape index (κ3) is 5.01. The monoisotopic (exact) mass is 400 g/mol. The maximum absolute atomic E-state index is 12.1. The normalized spacial score (nSPS) is 10.7. The van der Waals surface area contributed by atoms with Crippen LogP contribution < -0.4 is 15.4 Å². The van der Waals surface area contributed by atoms with Crippen LogP contribution in [0.2, 0.25) is 5.02 Å². The third-order valence-electron chi connectivity index (χ3n) is 4.16. The highest BCUT2D eigenvalue weighted by Crippen LogP contribution is 2.20. The Morgan fingerprint density at radius 1 is 1.18 bits per heavy atom. The molecule has 0 aliphatic rings. The number of aryl methyl sites for hydroxylation is 1. The predicted molar refractivity (Wildman–Crippen MR) is 109 cm³/mol. The van der Waals surface area contributed by atoms with Gasteiger partial charge >= 0.3 is 0 Å². The molecule has 7 nitrogen and oxygen atoms in total. The van der Waals surface area contributed by atoms with Crippen LogP contribution in [-0.2, 0) is 23.1 Å². The maximum Gasteiger partial charge on any atom is 0.262 e. The molecule has 2 N–H and O–H groups in total. The van der Waals surface area contributed by atoms with E-state index in [0.29, 0.717) is 29.4 Å². The van der Waals surface area contributed by atoms with Gasteiger partial charge in [-0.3, -0.25) is 9.59 Å². The first-order chi connectivity index (χ1) is 13.4. The molecule has 3 rings (SSSR count). The number of carbonyl (C=O) groups excluding carboxylic acids is 2. The molecule has 2 amide bonds. The van der Waals surface area contributed by atoms with E-state index < -0.39 is 0 Å². The van der Waals surface area contributed by atoms with E-state index in [9.17, 15) is 9.59 Å². The summed E-state index contributed by atoms with van der Waals surface area (Å²) in [4.78, 5) is 27.7. The maximum atomic E-state index is 12.1. The summed E-state index contributed by atoms with van der Waals surface area (Å²) in [7, 11) is 1.93. The smallest absolute Gasteiger partial charge is 0.262 e. The molecule has 8 heteroatoms. The summed E-state index contributed by atoms with van der Waals surface area (Å²) in [6.07, 6.45) is 0.626. The van der Waals surface area contributed by atoms with Gasteiger partial charge in [-0.25, -0.2) is 4.98 Å². The average Bonchev–Trinajstić information content (AvgIpc) is 2.96. The van der Waals surface area contributed by atoms with Gasteiger partial charge in [0.1, 0.15) is 11.6 Å². The van der Waals surface area contributed by atoms with Gasteiger partial charge in [0.2, 0.25) is 5.91 Å². The Morgan fingerprint density at radius 2 is 1.93 bits per heavy atom. The fraction of sp³-hybridized carbons (Fsp3) is 0.250. The van der Waals surface area contributed by atoms with Gasteiger partial charge < -0.3 is 19.9 Å². The van der Waals surface area contributed by atoms with E-state index in [2.05, 4.69) is 15.6 Å². The SMILES string of the molecule is CC(=O)NCCc1nc2cc(NC(=O)COc3ccc(Cl)cc3)ccc2n1C.